The molecule has 1 aliphatic heterocycles. The van der Waals surface area contributed by atoms with Crippen molar-refractivity contribution in [2.45, 2.75) is 25.2 Å². The van der Waals surface area contributed by atoms with Crippen molar-refractivity contribution in [1.82, 2.24) is 20.6 Å². The monoisotopic (exact) mass is 597 g/mol. The van der Waals surface area contributed by atoms with Crippen LogP contribution in [0.3, 0.4) is 0 Å². The number of hydrogen-bond acceptors (Lipinski definition) is 4. The minimum absolute atomic E-state index is 0.0278. The molecule has 1 atom stereocenters. The van der Waals surface area contributed by atoms with E-state index in [0.717, 1.165) is 11.6 Å². The Hall–Kier alpha value is -4.77. The van der Waals surface area contributed by atoms with E-state index in [1.807, 2.05) is 30.3 Å². The highest BCUT2D eigenvalue weighted by Gasteiger charge is 2.34. The molecule has 1 aliphatic rings. The van der Waals surface area contributed by atoms with Crippen molar-refractivity contribution in [2.75, 3.05) is 5.32 Å². The molecule has 12 heteroatoms. The maximum absolute atomic E-state index is 14.4. The maximum Gasteiger partial charge on any atom is 0.419 e. The number of fused-ring (bicyclic) bond motifs is 1. The van der Waals surface area contributed by atoms with Crippen molar-refractivity contribution in [3.8, 4) is 11.3 Å². The minimum atomic E-state index is -4.86. The van der Waals surface area contributed by atoms with Crippen molar-refractivity contribution in [2.24, 2.45) is 0 Å². The van der Waals surface area contributed by atoms with Gasteiger partial charge in [0, 0.05) is 40.7 Å². The number of halogens is 5. The van der Waals surface area contributed by atoms with E-state index >= 15 is 0 Å². The summed E-state index contributed by atoms with van der Waals surface area (Å²) in [7, 11) is 0. The molecule has 0 saturated carbocycles. The average molecular weight is 598 g/mol. The summed E-state index contributed by atoms with van der Waals surface area (Å²) in [5.41, 5.74) is 1.83. The van der Waals surface area contributed by atoms with Crippen LogP contribution in [0.2, 0.25) is 5.15 Å². The van der Waals surface area contributed by atoms with Gasteiger partial charge in [-0.1, -0.05) is 66.7 Å². The van der Waals surface area contributed by atoms with Crippen LogP contribution in [0.4, 0.5) is 28.0 Å². The first-order valence-electron chi connectivity index (χ1n) is 12.7. The van der Waals surface area contributed by atoms with Crippen molar-refractivity contribution < 1.29 is 27.5 Å². The molecule has 216 valence electrons. The zero-order chi connectivity index (χ0) is 30.0. The van der Waals surface area contributed by atoms with Crippen molar-refractivity contribution in [3.05, 3.63) is 124 Å². The zero-order valence-corrected chi connectivity index (χ0v) is 22.6. The van der Waals surface area contributed by atoms with E-state index in [1.54, 1.807) is 18.2 Å². The summed E-state index contributed by atoms with van der Waals surface area (Å²) in [6.45, 7) is 3.32. The van der Waals surface area contributed by atoms with Crippen LogP contribution in [0.5, 0.6) is 0 Å². The number of aliphatic hydroxyl groups is 1. The van der Waals surface area contributed by atoms with Crippen LogP contribution >= 0.6 is 11.6 Å². The van der Waals surface area contributed by atoms with Gasteiger partial charge in [-0.2, -0.15) is 13.2 Å². The van der Waals surface area contributed by atoms with E-state index in [0.29, 0.717) is 40.1 Å². The van der Waals surface area contributed by atoms with Crippen molar-refractivity contribution >= 4 is 29.1 Å². The number of alkyl halides is 3. The Balaban J connectivity index is 1.39. The number of carbonyl (C=O) groups excluding carboxylic acids is 1. The lowest BCUT2D eigenvalue weighted by molar-refractivity contribution is -0.140. The smallest absolute Gasteiger partial charge is 0.419 e. The van der Waals surface area contributed by atoms with Crippen molar-refractivity contribution in [1.29, 1.82) is 0 Å². The first-order chi connectivity index (χ1) is 20.0. The Morgan fingerprint density at radius 1 is 1.10 bits per heavy atom. The summed E-state index contributed by atoms with van der Waals surface area (Å²) < 4.78 is 53.7. The van der Waals surface area contributed by atoms with Gasteiger partial charge in [0.05, 0.1) is 11.6 Å². The number of aromatic amines is 1. The van der Waals surface area contributed by atoms with Gasteiger partial charge in [-0.3, -0.25) is 0 Å². The van der Waals surface area contributed by atoms with E-state index in [2.05, 4.69) is 32.5 Å². The van der Waals surface area contributed by atoms with Crippen LogP contribution < -0.4 is 16.0 Å². The molecular weight excluding hydrogens is 574 g/mol. The standard InChI is InChI=1S/C30H24ClF4N5O2/c1-16-12-24(41)20-14-18(10-11-22(20)37-16)26-27(31)40-28(39-26)23(13-17-6-3-2-4-7-17)38-29(42)36-15-19-8-5-9-21(25(19)32)30(33,34)35/h2-12,14,23,37,41H,1,13,15H2,(H,39,40)(H2,36,38,42)/t23-/m0/s1. The third kappa shape index (κ3) is 6.26. The van der Waals surface area contributed by atoms with Gasteiger partial charge in [-0.05, 0) is 30.2 Å². The number of rotatable bonds is 7. The second-order valence-electron chi connectivity index (χ2n) is 9.57. The molecule has 0 saturated heterocycles. The highest BCUT2D eigenvalue weighted by molar-refractivity contribution is 6.32. The number of H-pyrrole nitrogens is 1. The van der Waals surface area contributed by atoms with Crippen LogP contribution in [0.15, 0.2) is 85.1 Å². The normalized spacial score (nSPS) is 13.5. The molecule has 4 aromatic rings. The fourth-order valence-electron chi connectivity index (χ4n) is 4.58. The van der Waals surface area contributed by atoms with Crippen LogP contribution in [0, 0.1) is 5.82 Å². The summed E-state index contributed by atoms with van der Waals surface area (Å²) in [5.74, 6) is -1.11. The predicted molar refractivity (Wildman–Crippen MR) is 152 cm³/mol. The van der Waals surface area contributed by atoms with Gasteiger partial charge >= 0.3 is 12.2 Å². The molecule has 0 aliphatic carbocycles. The number of hydrogen-bond donors (Lipinski definition) is 5. The van der Waals surface area contributed by atoms with E-state index in [9.17, 15) is 27.5 Å². The number of anilines is 1. The number of imidazole rings is 1. The molecule has 5 rings (SSSR count). The Labute approximate surface area is 243 Å². The molecule has 5 N–H and O–H groups in total. The molecule has 0 radical (unpaired) electrons. The summed E-state index contributed by atoms with van der Waals surface area (Å²) in [6, 6.07) is 15.8. The number of nitrogens with zero attached hydrogens (tertiary/aromatic N) is 1. The molecule has 3 aromatic carbocycles. The second-order valence-corrected chi connectivity index (χ2v) is 9.95. The Morgan fingerprint density at radius 3 is 2.60 bits per heavy atom. The number of urea groups is 1. The molecular formula is C30H24ClF4N5O2. The van der Waals surface area contributed by atoms with Crippen LogP contribution in [0.1, 0.15) is 34.1 Å². The summed E-state index contributed by atoms with van der Waals surface area (Å²) in [4.78, 5) is 20.5. The van der Waals surface area contributed by atoms with Crippen LogP contribution in [-0.2, 0) is 19.1 Å². The lowest BCUT2D eigenvalue weighted by atomic mass is 10.0. The molecule has 42 heavy (non-hydrogen) atoms. The van der Waals surface area contributed by atoms with Crippen LogP contribution in [0.25, 0.3) is 17.0 Å². The molecule has 0 unspecified atom stereocenters. The molecule has 2 heterocycles. The maximum atomic E-state index is 14.4. The lowest BCUT2D eigenvalue weighted by Gasteiger charge is -2.18. The number of carbonyl (C=O) groups is 1. The Kier molecular flexibility index (Phi) is 7.95. The molecule has 1 aromatic heterocycles. The highest BCUT2D eigenvalue weighted by Crippen LogP contribution is 2.36. The molecule has 0 spiro atoms. The fourth-order valence-corrected chi connectivity index (χ4v) is 4.82. The second kappa shape index (κ2) is 11.6. The largest absolute Gasteiger partial charge is 0.507 e. The number of amides is 2. The molecule has 7 nitrogen and oxygen atoms in total. The molecule has 0 bridgehead atoms. The minimum Gasteiger partial charge on any atom is -0.507 e. The van der Waals surface area contributed by atoms with E-state index in [-0.39, 0.29) is 22.9 Å². The summed E-state index contributed by atoms with van der Waals surface area (Å²) in [6.07, 6.45) is -3.08. The van der Waals surface area contributed by atoms with Gasteiger partial charge in [0.1, 0.15) is 28.2 Å². The van der Waals surface area contributed by atoms with Gasteiger partial charge in [0.25, 0.3) is 0 Å². The van der Waals surface area contributed by atoms with Crippen molar-refractivity contribution in [3.63, 3.8) is 0 Å². The lowest BCUT2D eigenvalue weighted by Crippen LogP contribution is -2.39. The number of aromatic nitrogens is 2. The molecule has 0 fully saturated rings. The third-order valence-corrected chi connectivity index (χ3v) is 6.87. The zero-order valence-electron chi connectivity index (χ0n) is 21.8. The predicted octanol–water partition coefficient (Wildman–Crippen LogP) is 7.51. The number of benzene rings is 3. The van der Waals surface area contributed by atoms with Gasteiger partial charge in [-0.25, -0.2) is 14.2 Å². The first-order valence-corrected chi connectivity index (χ1v) is 13.1. The fraction of sp³-hybridized carbons (Fsp3) is 0.133. The van der Waals surface area contributed by atoms with E-state index < -0.39 is 36.2 Å². The Morgan fingerprint density at radius 2 is 1.86 bits per heavy atom. The summed E-state index contributed by atoms with van der Waals surface area (Å²) >= 11 is 6.53. The third-order valence-electron chi connectivity index (χ3n) is 6.59. The number of aliphatic hydroxyl groups excluding tert-OH is 1. The van der Waals surface area contributed by atoms with Gasteiger partial charge in [0.15, 0.2) is 0 Å². The molecule has 2 amide bonds. The van der Waals surface area contributed by atoms with Gasteiger partial charge in [-0.15, -0.1) is 0 Å². The average Bonchev–Trinajstić information content (AvgIpc) is 3.33. The summed E-state index contributed by atoms with van der Waals surface area (Å²) in [5, 5.41) is 18.8. The van der Waals surface area contributed by atoms with Gasteiger partial charge in [0.2, 0.25) is 0 Å². The number of nitrogens with one attached hydrogen (secondary N) is 4. The highest BCUT2D eigenvalue weighted by atomic mass is 35.5. The first kappa shape index (κ1) is 28.7. The number of allylic oxidation sites excluding steroid dienone is 1. The van der Waals surface area contributed by atoms with Crippen LogP contribution in [-0.4, -0.2) is 21.1 Å². The van der Waals surface area contributed by atoms with E-state index in [1.165, 1.54) is 12.1 Å². The quantitative estimate of drug-likeness (QED) is 0.142. The topological polar surface area (TPSA) is 102 Å². The Bertz CT molecular complexity index is 1680. The van der Waals surface area contributed by atoms with Gasteiger partial charge < -0.3 is 26.0 Å². The SMILES string of the molecule is C=C1C=C(O)c2cc(-c3nc([C@H](Cc4ccccc4)NC(=O)NCc4cccc(C(F)(F)F)c4F)[nH]c3Cl)ccc2N1. The van der Waals surface area contributed by atoms with E-state index in [4.69, 9.17) is 11.6 Å².